The SMILES string of the molecule is CS(=O)(=O)N1CCN(c2nccc(-c3cccnc3)n2)CC1. The van der Waals surface area contributed by atoms with Crippen LogP contribution in [0.15, 0.2) is 36.8 Å². The zero-order chi connectivity index (χ0) is 15.6. The van der Waals surface area contributed by atoms with Crippen molar-refractivity contribution in [3.8, 4) is 11.3 Å². The van der Waals surface area contributed by atoms with Crippen LogP contribution in [0.4, 0.5) is 5.95 Å². The summed E-state index contributed by atoms with van der Waals surface area (Å²) in [6.07, 6.45) is 6.43. The second-order valence-corrected chi connectivity index (χ2v) is 7.12. The molecule has 0 N–H and O–H groups in total. The highest BCUT2D eigenvalue weighted by molar-refractivity contribution is 7.88. The van der Waals surface area contributed by atoms with Crippen LogP contribution in [0.1, 0.15) is 0 Å². The van der Waals surface area contributed by atoms with Gasteiger partial charge in [-0.3, -0.25) is 4.98 Å². The maximum atomic E-state index is 11.5. The number of pyridine rings is 1. The van der Waals surface area contributed by atoms with Gasteiger partial charge in [-0.15, -0.1) is 0 Å². The van der Waals surface area contributed by atoms with Gasteiger partial charge in [0, 0.05) is 50.3 Å². The largest absolute Gasteiger partial charge is 0.338 e. The third-order valence-corrected chi connectivity index (χ3v) is 4.89. The quantitative estimate of drug-likeness (QED) is 0.825. The maximum Gasteiger partial charge on any atom is 0.225 e. The molecule has 0 radical (unpaired) electrons. The lowest BCUT2D eigenvalue weighted by molar-refractivity contribution is 0.385. The lowest BCUT2D eigenvalue weighted by Gasteiger charge is -2.33. The highest BCUT2D eigenvalue weighted by atomic mass is 32.2. The number of sulfonamides is 1. The van der Waals surface area contributed by atoms with E-state index in [4.69, 9.17) is 0 Å². The number of aromatic nitrogens is 3. The molecule has 0 aromatic carbocycles. The van der Waals surface area contributed by atoms with Crippen molar-refractivity contribution in [1.82, 2.24) is 19.3 Å². The van der Waals surface area contributed by atoms with E-state index >= 15 is 0 Å². The predicted molar refractivity (Wildman–Crippen MR) is 83.9 cm³/mol. The summed E-state index contributed by atoms with van der Waals surface area (Å²) in [5.74, 6) is 0.620. The number of rotatable bonds is 3. The first-order valence-corrected chi connectivity index (χ1v) is 8.82. The molecule has 0 saturated carbocycles. The van der Waals surface area contributed by atoms with E-state index in [0.717, 1.165) is 11.3 Å². The summed E-state index contributed by atoms with van der Waals surface area (Å²) in [5.41, 5.74) is 1.74. The highest BCUT2D eigenvalue weighted by Gasteiger charge is 2.24. The van der Waals surface area contributed by atoms with E-state index in [-0.39, 0.29) is 0 Å². The lowest BCUT2D eigenvalue weighted by Crippen LogP contribution is -2.48. The third-order valence-electron chi connectivity index (χ3n) is 3.59. The summed E-state index contributed by atoms with van der Waals surface area (Å²) >= 11 is 0. The van der Waals surface area contributed by atoms with Gasteiger partial charge in [-0.05, 0) is 18.2 Å². The molecule has 1 fully saturated rings. The Bertz CT molecular complexity index is 743. The Morgan fingerprint density at radius 3 is 2.50 bits per heavy atom. The van der Waals surface area contributed by atoms with Crippen molar-refractivity contribution in [2.45, 2.75) is 0 Å². The summed E-state index contributed by atoms with van der Waals surface area (Å²) in [6.45, 7) is 2.09. The van der Waals surface area contributed by atoms with Gasteiger partial charge in [0.15, 0.2) is 0 Å². The molecule has 2 aromatic rings. The van der Waals surface area contributed by atoms with Gasteiger partial charge in [0.05, 0.1) is 11.9 Å². The molecule has 0 spiro atoms. The van der Waals surface area contributed by atoms with Crippen LogP contribution in [0.25, 0.3) is 11.3 Å². The molecule has 1 saturated heterocycles. The van der Waals surface area contributed by atoms with Gasteiger partial charge in [0.25, 0.3) is 0 Å². The number of nitrogens with zero attached hydrogens (tertiary/aromatic N) is 5. The van der Waals surface area contributed by atoms with Gasteiger partial charge < -0.3 is 4.90 Å². The van der Waals surface area contributed by atoms with E-state index in [0.29, 0.717) is 32.1 Å². The van der Waals surface area contributed by atoms with Gasteiger partial charge in [-0.1, -0.05) is 0 Å². The van der Waals surface area contributed by atoms with Crippen LogP contribution in [-0.2, 0) is 10.0 Å². The van der Waals surface area contributed by atoms with Crippen LogP contribution in [0, 0.1) is 0 Å². The van der Waals surface area contributed by atoms with Crippen molar-refractivity contribution in [1.29, 1.82) is 0 Å². The molecule has 2 aromatic heterocycles. The lowest BCUT2D eigenvalue weighted by atomic mass is 10.2. The smallest absolute Gasteiger partial charge is 0.225 e. The Hall–Kier alpha value is -2.06. The van der Waals surface area contributed by atoms with Gasteiger partial charge in [0.1, 0.15) is 0 Å². The second-order valence-electron chi connectivity index (χ2n) is 5.13. The molecule has 0 amide bonds. The summed E-state index contributed by atoms with van der Waals surface area (Å²) in [5, 5.41) is 0. The van der Waals surface area contributed by atoms with E-state index < -0.39 is 10.0 Å². The fraction of sp³-hybridized carbons (Fsp3) is 0.357. The maximum absolute atomic E-state index is 11.5. The monoisotopic (exact) mass is 319 g/mol. The molecule has 0 bridgehead atoms. The molecule has 0 aliphatic carbocycles. The summed E-state index contributed by atoms with van der Waals surface area (Å²) < 4.78 is 24.6. The van der Waals surface area contributed by atoms with Crippen molar-refractivity contribution in [3.05, 3.63) is 36.8 Å². The van der Waals surface area contributed by atoms with Crippen molar-refractivity contribution in [2.24, 2.45) is 0 Å². The third kappa shape index (κ3) is 3.23. The molecule has 3 rings (SSSR count). The molecule has 1 aliphatic heterocycles. The number of hydrogen-bond acceptors (Lipinski definition) is 6. The molecule has 8 heteroatoms. The molecular formula is C14H17N5O2S. The molecule has 22 heavy (non-hydrogen) atoms. The summed E-state index contributed by atoms with van der Waals surface area (Å²) in [4.78, 5) is 15.0. The van der Waals surface area contributed by atoms with Crippen molar-refractivity contribution >= 4 is 16.0 Å². The Morgan fingerprint density at radius 1 is 1.09 bits per heavy atom. The standard InChI is InChI=1S/C14H17N5O2S/c1-22(20,21)19-9-7-18(8-10-19)14-16-6-4-13(17-14)12-3-2-5-15-11-12/h2-6,11H,7-10H2,1H3. The average molecular weight is 319 g/mol. The highest BCUT2D eigenvalue weighted by Crippen LogP contribution is 2.19. The van der Waals surface area contributed by atoms with E-state index in [9.17, 15) is 8.42 Å². The molecule has 0 unspecified atom stereocenters. The topological polar surface area (TPSA) is 79.3 Å². The normalized spacial score (nSPS) is 16.7. The molecule has 0 atom stereocenters. The molecule has 1 aliphatic rings. The zero-order valence-corrected chi connectivity index (χ0v) is 13.1. The first-order chi connectivity index (χ1) is 10.5. The van der Waals surface area contributed by atoms with Crippen LogP contribution >= 0.6 is 0 Å². The predicted octanol–water partition coefficient (Wildman–Crippen LogP) is 0.620. The second kappa shape index (κ2) is 5.98. The average Bonchev–Trinajstić information content (AvgIpc) is 2.55. The van der Waals surface area contributed by atoms with Gasteiger partial charge in [0.2, 0.25) is 16.0 Å². The van der Waals surface area contributed by atoms with Crippen LogP contribution in [0.3, 0.4) is 0 Å². The minimum Gasteiger partial charge on any atom is -0.338 e. The Kier molecular flexibility index (Phi) is 4.04. The Labute approximate surface area is 129 Å². The van der Waals surface area contributed by atoms with Gasteiger partial charge in [-0.2, -0.15) is 4.31 Å². The first-order valence-electron chi connectivity index (χ1n) is 6.97. The van der Waals surface area contributed by atoms with E-state index in [1.54, 1.807) is 18.6 Å². The Balaban J connectivity index is 1.77. The fourth-order valence-corrected chi connectivity index (χ4v) is 3.22. The molecular weight excluding hydrogens is 302 g/mol. The number of piperazine rings is 1. The molecule has 116 valence electrons. The van der Waals surface area contributed by atoms with Crippen LogP contribution in [0.2, 0.25) is 0 Å². The zero-order valence-electron chi connectivity index (χ0n) is 12.3. The van der Waals surface area contributed by atoms with Crippen LogP contribution in [0.5, 0.6) is 0 Å². The van der Waals surface area contributed by atoms with E-state index in [1.807, 2.05) is 23.1 Å². The summed E-state index contributed by atoms with van der Waals surface area (Å²) in [6, 6.07) is 5.65. The molecule has 3 heterocycles. The van der Waals surface area contributed by atoms with Crippen LogP contribution in [-0.4, -0.2) is 60.1 Å². The van der Waals surface area contributed by atoms with E-state index in [1.165, 1.54) is 10.6 Å². The van der Waals surface area contributed by atoms with Crippen molar-refractivity contribution in [3.63, 3.8) is 0 Å². The first kappa shape index (κ1) is 14.9. The fourth-order valence-electron chi connectivity index (χ4n) is 2.40. The van der Waals surface area contributed by atoms with Crippen LogP contribution < -0.4 is 4.90 Å². The van der Waals surface area contributed by atoms with Gasteiger partial charge >= 0.3 is 0 Å². The number of hydrogen-bond donors (Lipinski definition) is 0. The van der Waals surface area contributed by atoms with Crippen molar-refractivity contribution < 1.29 is 8.42 Å². The van der Waals surface area contributed by atoms with Gasteiger partial charge in [-0.25, -0.2) is 18.4 Å². The Morgan fingerprint density at radius 2 is 1.86 bits per heavy atom. The minimum atomic E-state index is -3.13. The van der Waals surface area contributed by atoms with Crippen molar-refractivity contribution in [2.75, 3.05) is 37.3 Å². The minimum absolute atomic E-state index is 0.458. The number of anilines is 1. The summed E-state index contributed by atoms with van der Waals surface area (Å²) in [7, 11) is -3.13. The van der Waals surface area contributed by atoms with E-state index in [2.05, 4.69) is 15.0 Å². The molecule has 7 nitrogen and oxygen atoms in total.